The van der Waals surface area contributed by atoms with Gasteiger partial charge in [0.1, 0.15) is 0 Å². The van der Waals surface area contributed by atoms with Crippen LogP contribution in [0.25, 0.3) is 0 Å². The molecule has 0 aromatic heterocycles. The number of carbonyl (C=O) groups excluding carboxylic acids is 1. The fraction of sp³-hybridized carbons (Fsp3) is 0.500. The van der Waals surface area contributed by atoms with Gasteiger partial charge in [-0.1, -0.05) is 0 Å². The average Bonchev–Trinajstić information content (AvgIpc) is 1.61. The summed E-state index contributed by atoms with van der Waals surface area (Å²) in [5, 5.41) is 8.56. The second-order valence-electron chi connectivity index (χ2n) is 1.06. The predicted molar refractivity (Wildman–Crippen MR) is 24.2 cm³/mol. The molecule has 0 saturated heterocycles. The van der Waals surface area contributed by atoms with Crippen molar-refractivity contribution < 1.29 is 9.83 Å². The van der Waals surface area contributed by atoms with Crippen LogP contribution in [0.5, 0.6) is 0 Å². The molecule has 0 heterocycles. The van der Waals surface area contributed by atoms with E-state index < -0.39 is 17.5 Å². The highest BCUT2D eigenvalue weighted by Crippen LogP contribution is 1.55. The predicted octanol–water partition coefficient (Wildman–Crippen LogP) is -1.75. The lowest BCUT2D eigenvalue weighted by molar-refractivity contribution is -0.542. The first-order valence-corrected chi connectivity index (χ1v) is 1.79. The minimum absolute atomic E-state index is 0.424. The third-order valence-corrected chi connectivity index (χ3v) is 0.382. The average molecular weight is 119 g/mol. The number of nitro groups is 1. The Kier molecular flexibility index (Phi) is 2.32. The van der Waals surface area contributed by atoms with Gasteiger partial charge in [0.25, 0.3) is 0 Å². The fourth-order valence-corrected chi connectivity index (χ4v) is 0.142. The van der Waals surface area contributed by atoms with Crippen molar-refractivity contribution in [2.24, 2.45) is 5.73 Å². The van der Waals surface area contributed by atoms with E-state index in [0.717, 1.165) is 0 Å². The van der Waals surface area contributed by atoms with Crippen molar-refractivity contribution in [3.63, 3.8) is 0 Å². The molecule has 0 aliphatic carbocycles. The van der Waals surface area contributed by atoms with Crippen LogP contribution in [0, 0.1) is 10.1 Å². The van der Waals surface area contributed by atoms with Gasteiger partial charge in [-0.2, -0.15) is 0 Å². The Bertz CT molecular complexity index is 97.1. The molecule has 3 N–H and O–H groups in total. The van der Waals surface area contributed by atoms with Crippen LogP contribution < -0.4 is 11.2 Å². The molecule has 0 aliphatic rings. The Labute approximate surface area is 44.8 Å². The van der Waals surface area contributed by atoms with E-state index in [2.05, 4.69) is 5.73 Å². The Balaban J connectivity index is 3.18. The molecular formula is C2H5N3O3. The molecule has 0 aliphatic heterocycles. The van der Waals surface area contributed by atoms with E-state index in [0.29, 0.717) is 0 Å². The zero-order valence-electron chi connectivity index (χ0n) is 3.96. The Morgan fingerprint density at radius 1 is 1.88 bits per heavy atom. The molecule has 0 saturated carbocycles. The first kappa shape index (κ1) is 6.67. The molecule has 0 spiro atoms. The van der Waals surface area contributed by atoms with E-state index in [1.807, 2.05) is 0 Å². The van der Waals surface area contributed by atoms with Gasteiger partial charge in [0.05, 0.1) is 0 Å². The molecule has 0 fully saturated rings. The molecule has 1 amide bonds. The van der Waals surface area contributed by atoms with Crippen LogP contribution in [-0.4, -0.2) is 17.5 Å². The summed E-state index contributed by atoms with van der Waals surface area (Å²) in [4.78, 5) is 19.1. The zero-order chi connectivity index (χ0) is 6.57. The number of nitrogens with one attached hydrogen (secondary N) is 1. The molecule has 8 heavy (non-hydrogen) atoms. The summed E-state index contributed by atoms with van der Waals surface area (Å²) in [5.41, 5.74) is 6.13. The summed E-state index contributed by atoms with van der Waals surface area (Å²) in [6, 6.07) is 0. The van der Waals surface area contributed by atoms with Gasteiger partial charge in [0.15, 0.2) is 11.6 Å². The number of nitrogens with two attached hydrogens (primary N) is 1. The summed E-state index contributed by atoms with van der Waals surface area (Å²) >= 11 is 0. The second-order valence-corrected chi connectivity index (χ2v) is 1.06. The Morgan fingerprint density at radius 3 is 2.50 bits per heavy atom. The van der Waals surface area contributed by atoms with Crippen LogP contribution >= 0.6 is 0 Å². The Morgan fingerprint density at radius 2 is 2.38 bits per heavy atom. The highest BCUT2D eigenvalue weighted by atomic mass is 16.7. The van der Waals surface area contributed by atoms with Gasteiger partial charge >= 0.3 is 0 Å². The molecule has 0 unspecified atom stereocenters. The van der Waals surface area contributed by atoms with E-state index in [-0.39, 0.29) is 0 Å². The van der Waals surface area contributed by atoms with Crippen molar-refractivity contribution in [3.05, 3.63) is 10.1 Å². The second kappa shape index (κ2) is 2.78. The van der Waals surface area contributed by atoms with E-state index in [4.69, 9.17) is 0 Å². The minimum atomic E-state index is -0.829. The number of hydrogen-bond donors (Lipinski definition) is 2. The van der Waals surface area contributed by atoms with Crippen LogP contribution in [0.2, 0.25) is 0 Å². The van der Waals surface area contributed by atoms with Crippen LogP contribution in [0.1, 0.15) is 0 Å². The maximum Gasteiger partial charge on any atom is 0.242 e. The molecule has 0 aromatic carbocycles. The summed E-state index contributed by atoms with van der Waals surface area (Å²) in [5.74, 6) is -0.748. The SMILES string of the molecule is NC(=O)CN[N+](=O)[O-]. The summed E-state index contributed by atoms with van der Waals surface area (Å²) in [6.07, 6.45) is 0. The molecule has 0 bridgehead atoms. The maximum atomic E-state index is 9.76. The van der Waals surface area contributed by atoms with Gasteiger partial charge in [-0.3, -0.25) is 4.79 Å². The number of carbonyl (C=O) groups is 1. The number of amides is 1. The summed E-state index contributed by atoms with van der Waals surface area (Å²) < 4.78 is 0. The molecular weight excluding hydrogens is 114 g/mol. The van der Waals surface area contributed by atoms with Crippen LogP contribution in [0.3, 0.4) is 0 Å². The van der Waals surface area contributed by atoms with Gasteiger partial charge in [0, 0.05) is 0 Å². The minimum Gasteiger partial charge on any atom is -0.368 e. The summed E-state index contributed by atoms with van der Waals surface area (Å²) in [7, 11) is 0. The van der Waals surface area contributed by atoms with Crippen molar-refractivity contribution in [2.45, 2.75) is 0 Å². The smallest absolute Gasteiger partial charge is 0.242 e. The zero-order valence-corrected chi connectivity index (χ0v) is 3.96. The Hall–Kier alpha value is -1.33. The third kappa shape index (κ3) is 4.67. The van der Waals surface area contributed by atoms with Crippen LogP contribution in [0.15, 0.2) is 0 Å². The monoisotopic (exact) mass is 119 g/mol. The quantitative estimate of drug-likeness (QED) is 0.340. The van der Waals surface area contributed by atoms with E-state index in [1.54, 1.807) is 5.43 Å². The van der Waals surface area contributed by atoms with Gasteiger partial charge < -0.3 is 5.73 Å². The highest BCUT2D eigenvalue weighted by molar-refractivity contribution is 5.75. The van der Waals surface area contributed by atoms with Crippen LogP contribution in [0.4, 0.5) is 0 Å². The van der Waals surface area contributed by atoms with E-state index >= 15 is 0 Å². The van der Waals surface area contributed by atoms with E-state index in [1.165, 1.54) is 0 Å². The largest absolute Gasteiger partial charge is 0.368 e. The molecule has 0 rings (SSSR count). The molecule has 46 valence electrons. The number of primary amides is 1. The lowest BCUT2D eigenvalue weighted by Gasteiger charge is -1.88. The van der Waals surface area contributed by atoms with E-state index in [9.17, 15) is 14.9 Å². The number of hydrogen-bond acceptors (Lipinski definition) is 3. The highest BCUT2D eigenvalue weighted by Gasteiger charge is 1.95. The first-order valence-electron chi connectivity index (χ1n) is 1.79. The molecule has 0 aromatic rings. The molecule has 6 nitrogen and oxygen atoms in total. The van der Waals surface area contributed by atoms with Crippen molar-refractivity contribution in [2.75, 3.05) is 6.54 Å². The fourth-order valence-electron chi connectivity index (χ4n) is 0.142. The molecule has 0 radical (unpaired) electrons. The summed E-state index contributed by atoms with van der Waals surface area (Å²) in [6.45, 7) is -0.424. The lowest BCUT2D eigenvalue weighted by Crippen LogP contribution is -2.32. The van der Waals surface area contributed by atoms with Gasteiger partial charge in [0.2, 0.25) is 5.91 Å². The van der Waals surface area contributed by atoms with Crippen molar-refractivity contribution in [1.82, 2.24) is 5.43 Å². The maximum absolute atomic E-state index is 9.76. The normalized spacial score (nSPS) is 8.00. The number of rotatable bonds is 3. The first-order chi connectivity index (χ1) is 3.63. The van der Waals surface area contributed by atoms with Crippen molar-refractivity contribution >= 4 is 5.91 Å². The standard InChI is InChI=1S/C2H5N3O3/c3-2(6)1-4-5(7)8/h4H,1H2,(H2,3,6). The third-order valence-electron chi connectivity index (χ3n) is 0.382. The van der Waals surface area contributed by atoms with Crippen LogP contribution in [-0.2, 0) is 4.79 Å². The molecule has 6 heteroatoms. The van der Waals surface area contributed by atoms with Crippen molar-refractivity contribution in [1.29, 1.82) is 0 Å². The number of nitrogens with zero attached hydrogens (tertiary/aromatic N) is 1. The van der Waals surface area contributed by atoms with Gasteiger partial charge in [-0.05, 0) is 0 Å². The van der Waals surface area contributed by atoms with Gasteiger partial charge in [-0.15, -0.1) is 5.43 Å². The topological polar surface area (TPSA) is 98.3 Å². The van der Waals surface area contributed by atoms with Gasteiger partial charge in [-0.25, -0.2) is 10.1 Å². The lowest BCUT2D eigenvalue weighted by atomic mass is 10.7. The molecule has 0 atom stereocenters. The van der Waals surface area contributed by atoms with Crippen molar-refractivity contribution in [3.8, 4) is 0 Å². The number of hydrazine groups is 1.